The standard InChI is InChI=1S/C14H21ClN2/c1-11-4-5-12(8-13(11)15)9-17-7-6-16-10-14(17,2)3/h4-5,8,16H,6-7,9-10H2,1-3H3. The molecule has 0 aromatic heterocycles. The quantitative estimate of drug-likeness (QED) is 0.871. The second kappa shape index (κ2) is 4.97. The van der Waals surface area contributed by atoms with Gasteiger partial charge in [0.1, 0.15) is 0 Å². The molecule has 1 N–H and O–H groups in total. The van der Waals surface area contributed by atoms with Gasteiger partial charge in [-0.05, 0) is 38.0 Å². The molecule has 1 aliphatic rings. The van der Waals surface area contributed by atoms with Crippen LogP contribution >= 0.6 is 11.6 Å². The van der Waals surface area contributed by atoms with E-state index in [-0.39, 0.29) is 5.54 Å². The summed E-state index contributed by atoms with van der Waals surface area (Å²) in [4.78, 5) is 2.52. The highest BCUT2D eigenvalue weighted by Gasteiger charge is 2.29. The molecular formula is C14H21ClN2. The monoisotopic (exact) mass is 252 g/mol. The van der Waals surface area contributed by atoms with Crippen LogP contribution in [0.3, 0.4) is 0 Å². The Morgan fingerprint density at radius 1 is 1.41 bits per heavy atom. The molecule has 0 radical (unpaired) electrons. The average molecular weight is 253 g/mol. The van der Waals surface area contributed by atoms with Gasteiger partial charge < -0.3 is 5.32 Å². The fourth-order valence-electron chi connectivity index (χ4n) is 2.27. The predicted molar refractivity (Wildman–Crippen MR) is 73.5 cm³/mol. The molecule has 1 aromatic rings. The molecule has 0 aliphatic carbocycles. The molecule has 1 heterocycles. The molecule has 1 saturated heterocycles. The van der Waals surface area contributed by atoms with E-state index in [0.29, 0.717) is 0 Å². The van der Waals surface area contributed by atoms with Gasteiger partial charge in [-0.3, -0.25) is 4.90 Å². The number of halogens is 1. The Balaban J connectivity index is 2.11. The van der Waals surface area contributed by atoms with E-state index in [0.717, 1.165) is 36.8 Å². The van der Waals surface area contributed by atoms with Crippen molar-refractivity contribution in [3.05, 3.63) is 34.3 Å². The largest absolute Gasteiger partial charge is 0.314 e. The summed E-state index contributed by atoms with van der Waals surface area (Å²) in [6.45, 7) is 10.8. The van der Waals surface area contributed by atoms with Gasteiger partial charge >= 0.3 is 0 Å². The maximum absolute atomic E-state index is 6.17. The topological polar surface area (TPSA) is 15.3 Å². The molecular weight excluding hydrogens is 232 g/mol. The summed E-state index contributed by atoms with van der Waals surface area (Å²) in [5.74, 6) is 0. The summed E-state index contributed by atoms with van der Waals surface area (Å²) in [6, 6.07) is 6.38. The molecule has 1 aliphatic heterocycles. The van der Waals surface area contributed by atoms with Crippen molar-refractivity contribution >= 4 is 11.6 Å². The van der Waals surface area contributed by atoms with E-state index < -0.39 is 0 Å². The van der Waals surface area contributed by atoms with Crippen LogP contribution in [0.15, 0.2) is 18.2 Å². The highest BCUT2D eigenvalue weighted by atomic mass is 35.5. The normalized spacial score (nSPS) is 20.5. The minimum atomic E-state index is 0.218. The van der Waals surface area contributed by atoms with E-state index in [4.69, 9.17) is 11.6 Å². The minimum absolute atomic E-state index is 0.218. The first-order chi connectivity index (χ1) is 7.99. The molecule has 1 fully saturated rings. The van der Waals surface area contributed by atoms with Crippen molar-refractivity contribution in [1.82, 2.24) is 10.2 Å². The zero-order valence-electron chi connectivity index (χ0n) is 10.9. The van der Waals surface area contributed by atoms with Crippen LogP contribution in [0.2, 0.25) is 5.02 Å². The lowest BCUT2D eigenvalue weighted by atomic mass is 9.99. The number of nitrogens with zero attached hydrogens (tertiary/aromatic N) is 1. The van der Waals surface area contributed by atoms with Gasteiger partial charge in [0, 0.05) is 36.7 Å². The molecule has 1 aromatic carbocycles. The summed E-state index contributed by atoms with van der Waals surface area (Å²) >= 11 is 6.17. The molecule has 3 heteroatoms. The van der Waals surface area contributed by atoms with Gasteiger partial charge in [0.15, 0.2) is 0 Å². The molecule has 94 valence electrons. The van der Waals surface area contributed by atoms with Crippen LogP contribution in [0.25, 0.3) is 0 Å². The van der Waals surface area contributed by atoms with Gasteiger partial charge in [0.2, 0.25) is 0 Å². The molecule has 0 amide bonds. The molecule has 2 nitrogen and oxygen atoms in total. The van der Waals surface area contributed by atoms with Crippen LogP contribution in [0, 0.1) is 6.92 Å². The highest BCUT2D eigenvalue weighted by molar-refractivity contribution is 6.31. The van der Waals surface area contributed by atoms with Crippen LogP contribution in [0.5, 0.6) is 0 Å². The van der Waals surface area contributed by atoms with Crippen LogP contribution in [-0.4, -0.2) is 30.1 Å². The van der Waals surface area contributed by atoms with Crippen LogP contribution < -0.4 is 5.32 Å². The van der Waals surface area contributed by atoms with E-state index in [9.17, 15) is 0 Å². The zero-order chi connectivity index (χ0) is 12.5. The molecule has 2 rings (SSSR count). The average Bonchev–Trinajstić information content (AvgIpc) is 2.26. The maximum Gasteiger partial charge on any atom is 0.0438 e. The molecule has 0 atom stereocenters. The summed E-state index contributed by atoms with van der Waals surface area (Å²) in [5, 5.41) is 4.31. The summed E-state index contributed by atoms with van der Waals surface area (Å²) in [5.41, 5.74) is 2.67. The van der Waals surface area contributed by atoms with E-state index >= 15 is 0 Å². The van der Waals surface area contributed by atoms with E-state index in [1.165, 1.54) is 5.56 Å². The number of hydrogen-bond donors (Lipinski definition) is 1. The molecule has 0 saturated carbocycles. The Kier molecular flexibility index (Phi) is 3.76. The van der Waals surface area contributed by atoms with Crippen LogP contribution in [0.4, 0.5) is 0 Å². The van der Waals surface area contributed by atoms with Gasteiger partial charge in [0.05, 0.1) is 0 Å². The predicted octanol–water partition coefficient (Wildman–Crippen LogP) is 2.83. The van der Waals surface area contributed by atoms with E-state index in [1.54, 1.807) is 0 Å². The SMILES string of the molecule is Cc1ccc(CN2CCNCC2(C)C)cc1Cl. The Hall–Kier alpha value is -0.570. The van der Waals surface area contributed by atoms with Crippen molar-refractivity contribution in [3.63, 3.8) is 0 Å². The number of rotatable bonds is 2. The third-order valence-corrected chi connectivity index (χ3v) is 3.99. The first-order valence-electron chi connectivity index (χ1n) is 6.20. The summed E-state index contributed by atoms with van der Waals surface area (Å²) in [7, 11) is 0. The van der Waals surface area contributed by atoms with Gasteiger partial charge in [0.25, 0.3) is 0 Å². The van der Waals surface area contributed by atoms with Gasteiger partial charge in [-0.15, -0.1) is 0 Å². The van der Waals surface area contributed by atoms with Crippen molar-refractivity contribution < 1.29 is 0 Å². The Morgan fingerprint density at radius 2 is 2.18 bits per heavy atom. The molecule has 0 spiro atoms. The fraction of sp³-hybridized carbons (Fsp3) is 0.571. The lowest BCUT2D eigenvalue weighted by Crippen LogP contribution is -2.57. The summed E-state index contributed by atoms with van der Waals surface area (Å²) < 4.78 is 0. The number of benzene rings is 1. The lowest BCUT2D eigenvalue weighted by Gasteiger charge is -2.43. The highest BCUT2D eigenvalue weighted by Crippen LogP contribution is 2.22. The van der Waals surface area contributed by atoms with Crippen molar-refractivity contribution in [1.29, 1.82) is 0 Å². The number of piperazine rings is 1. The third kappa shape index (κ3) is 3.01. The maximum atomic E-state index is 6.17. The van der Waals surface area contributed by atoms with Gasteiger partial charge in [-0.2, -0.15) is 0 Å². The van der Waals surface area contributed by atoms with Crippen molar-refractivity contribution in [2.24, 2.45) is 0 Å². The van der Waals surface area contributed by atoms with Crippen LogP contribution in [0.1, 0.15) is 25.0 Å². The van der Waals surface area contributed by atoms with Crippen molar-refractivity contribution in [2.75, 3.05) is 19.6 Å². The first kappa shape index (κ1) is 12.9. The number of aryl methyl sites for hydroxylation is 1. The molecule has 0 bridgehead atoms. The molecule has 17 heavy (non-hydrogen) atoms. The molecule has 0 unspecified atom stereocenters. The van der Waals surface area contributed by atoms with Crippen molar-refractivity contribution in [3.8, 4) is 0 Å². The number of nitrogens with one attached hydrogen (secondary N) is 1. The fourth-order valence-corrected chi connectivity index (χ4v) is 2.47. The van der Waals surface area contributed by atoms with Crippen LogP contribution in [-0.2, 0) is 6.54 Å². The van der Waals surface area contributed by atoms with E-state index in [2.05, 4.69) is 42.3 Å². The van der Waals surface area contributed by atoms with Gasteiger partial charge in [-0.25, -0.2) is 0 Å². The third-order valence-electron chi connectivity index (χ3n) is 3.58. The Labute approximate surface area is 109 Å². The second-order valence-corrected chi connectivity index (χ2v) is 5.90. The number of hydrogen-bond acceptors (Lipinski definition) is 2. The second-order valence-electron chi connectivity index (χ2n) is 5.49. The van der Waals surface area contributed by atoms with E-state index in [1.807, 2.05) is 6.92 Å². The van der Waals surface area contributed by atoms with Gasteiger partial charge in [-0.1, -0.05) is 23.7 Å². The smallest absolute Gasteiger partial charge is 0.0438 e. The Morgan fingerprint density at radius 3 is 2.82 bits per heavy atom. The summed E-state index contributed by atoms with van der Waals surface area (Å²) in [6.07, 6.45) is 0. The Bertz CT molecular complexity index is 401. The lowest BCUT2D eigenvalue weighted by molar-refractivity contribution is 0.0827. The minimum Gasteiger partial charge on any atom is -0.314 e. The zero-order valence-corrected chi connectivity index (χ0v) is 11.6. The van der Waals surface area contributed by atoms with Crippen molar-refractivity contribution in [2.45, 2.75) is 32.9 Å². The first-order valence-corrected chi connectivity index (χ1v) is 6.58.